The Morgan fingerprint density at radius 2 is 1.02 bits per heavy atom. The first-order valence-electron chi connectivity index (χ1n) is 12.9. The van der Waals surface area contributed by atoms with Crippen molar-refractivity contribution in [2.24, 2.45) is 9.98 Å². The van der Waals surface area contributed by atoms with Crippen LogP contribution >= 0.6 is 47.6 Å². The van der Waals surface area contributed by atoms with Crippen molar-refractivity contribution in [2.45, 2.75) is 0 Å². The third kappa shape index (κ3) is 24.7. The number of hydrogen-bond acceptors (Lipinski definition) is 10. The zero-order valence-corrected chi connectivity index (χ0v) is 34.6. The molecule has 0 spiro atoms. The van der Waals surface area contributed by atoms with Crippen LogP contribution in [0.1, 0.15) is 11.1 Å². The Hall–Kier alpha value is -1.43. The van der Waals surface area contributed by atoms with E-state index in [0.717, 1.165) is 65.7 Å². The predicted molar refractivity (Wildman–Crippen MR) is 183 cm³/mol. The van der Waals surface area contributed by atoms with Crippen LogP contribution in [0.3, 0.4) is 0 Å². The van der Waals surface area contributed by atoms with E-state index in [1.165, 1.54) is 22.5 Å². The van der Waals surface area contributed by atoms with Crippen molar-refractivity contribution >= 4 is 70.4 Å². The molecule has 2 aromatic carbocycles. The van der Waals surface area contributed by atoms with E-state index in [1.807, 2.05) is 0 Å². The first-order valence-corrected chi connectivity index (χ1v) is 14.5. The predicted octanol–water partition coefficient (Wildman–Crippen LogP) is 1.80. The first kappa shape index (κ1) is 51.4. The fraction of sp³-hybridized carbons (Fsp3) is 0.429. The molecule has 2 aromatic rings. The molecular weight excluding hydrogens is 782 g/mol. The number of ether oxygens (including phenoxy) is 2. The summed E-state index contributed by atoms with van der Waals surface area (Å²) in [5.41, 5.74) is 1.09. The topological polar surface area (TPSA) is 206 Å². The molecule has 0 aromatic heterocycles. The number of halogens is 2. The van der Waals surface area contributed by atoms with Gasteiger partial charge in [0.2, 0.25) is 0 Å². The fourth-order valence-electron chi connectivity index (χ4n) is 3.61. The summed E-state index contributed by atoms with van der Waals surface area (Å²) in [5, 5.41) is 41.0. The summed E-state index contributed by atoms with van der Waals surface area (Å²) in [5.74, 6) is -0.0935. The number of nitrogens with zero attached hydrogens (tertiary/aromatic N) is 6. The molecule has 2 aliphatic heterocycles. The summed E-state index contributed by atoms with van der Waals surface area (Å²) in [6.45, 7) is 10.2. The minimum Gasteiger partial charge on any atom is -0.872 e. The van der Waals surface area contributed by atoms with Gasteiger partial charge in [0.15, 0.2) is 0 Å². The molecule has 6 N–H and O–H groups in total. The maximum atomic E-state index is 11.5. The van der Waals surface area contributed by atoms with Crippen molar-refractivity contribution in [1.82, 2.24) is 9.80 Å². The van der Waals surface area contributed by atoms with Crippen LogP contribution < -0.4 is 10.2 Å². The van der Waals surface area contributed by atoms with E-state index in [-0.39, 0.29) is 61.4 Å². The van der Waals surface area contributed by atoms with Crippen molar-refractivity contribution < 1.29 is 69.6 Å². The maximum absolute atomic E-state index is 11.5. The Bertz CT molecular complexity index is 1110. The zero-order chi connectivity index (χ0) is 31.0. The van der Waals surface area contributed by atoms with Crippen molar-refractivity contribution in [1.29, 1.82) is 0 Å². The molecule has 2 aliphatic rings. The number of hydrogen-bond donors (Lipinski definition) is 0. The van der Waals surface area contributed by atoms with Gasteiger partial charge in [-0.3, -0.25) is 19.8 Å². The molecule has 12 nitrogen and oxygen atoms in total. The van der Waals surface area contributed by atoms with E-state index in [2.05, 4.69) is 44.2 Å². The number of morpholine rings is 2. The van der Waals surface area contributed by atoms with Gasteiger partial charge in [-0.15, -0.1) is 0 Å². The summed E-state index contributed by atoms with van der Waals surface area (Å²) in [6, 6.07) is 9.39. The van der Waals surface area contributed by atoms with Gasteiger partial charge in [0.25, 0.3) is 0 Å². The summed E-state index contributed by atoms with van der Waals surface area (Å²) >= 11 is 19.1. The van der Waals surface area contributed by atoms with Gasteiger partial charge < -0.3 is 41.5 Å². The van der Waals surface area contributed by atoms with E-state index in [1.54, 1.807) is 36.7 Å². The largest absolute Gasteiger partial charge is 2.00 e. The molecule has 0 radical (unpaired) electrons. The molecule has 0 unspecified atom stereocenters. The molecule has 2 heterocycles. The third-order valence-corrected chi connectivity index (χ3v) is 6.17. The minimum absolute atomic E-state index is 0. The van der Waals surface area contributed by atoms with E-state index in [0.29, 0.717) is 34.3 Å². The Morgan fingerprint density at radius 1 is 0.717 bits per heavy atom. The van der Waals surface area contributed by atoms with Crippen LogP contribution in [0, 0.1) is 0 Å². The van der Waals surface area contributed by atoms with Crippen molar-refractivity contribution in [3.8, 4) is 11.5 Å². The van der Waals surface area contributed by atoms with Crippen LogP contribution in [0.15, 0.2) is 46.4 Å². The standard InChI is InChI=1S/2C13H17ClN2O2.2CNS.2H2O.2Zn/c2*14-12-1-2-13(17)11(9-12)10-15-3-4-16-5-7-18-8-6-16;2*2-1-3;;;;/h2*1-2,9-10,17H,3-8H2;;;2*1H2;;/q;;2*-1;;;2*+2. The number of isothiocyanates is 2. The molecule has 2 saturated heterocycles. The average Bonchev–Trinajstić information content (AvgIpc) is 2.99. The second-order valence-corrected chi connectivity index (χ2v) is 9.76. The third-order valence-electron chi connectivity index (χ3n) is 5.70. The van der Waals surface area contributed by atoms with Gasteiger partial charge in [0.1, 0.15) is 0 Å². The summed E-state index contributed by atoms with van der Waals surface area (Å²) in [7, 11) is 0. The van der Waals surface area contributed by atoms with Gasteiger partial charge >= 0.3 is 39.0 Å². The Morgan fingerprint density at radius 3 is 1.33 bits per heavy atom. The molecule has 46 heavy (non-hydrogen) atoms. The molecular formula is C28H38Cl2N6O6S2Zn2+2. The van der Waals surface area contributed by atoms with Gasteiger partial charge in [-0.05, 0) is 35.4 Å². The second kappa shape index (κ2) is 33.5. The quantitative estimate of drug-likeness (QED) is 0.166. The monoisotopic (exact) mass is 816 g/mol. The van der Waals surface area contributed by atoms with E-state index in [4.69, 9.17) is 43.5 Å². The Labute approximate surface area is 316 Å². The van der Waals surface area contributed by atoms with E-state index in [9.17, 15) is 10.2 Å². The molecule has 0 atom stereocenters. The van der Waals surface area contributed by atoms with Gasteiger partial charge in [0, 0.05) is 61.7 Å². The molecule has 0 amide bonds. The van der Waals surface area contributed by atoms with Gasteiger partial charge in [-0.25, -0.2) is 0 Å². The molecule has 0 bridgehead atoms. The van der Waals surface area contributed by atoms with Crippen molar-refractivity contribution in [3.63, 3.8) is 0 Å². The first-order chi connectivity index (χ1) is 20.3. The Balaban J connectivity index is -0.000000305. The molecule has 0 saturated carbocycles. The summed E-state index contributed by atoms with van der Waals surface area (Å²) in [4.78, 5) is 13.1. The Kier molecular flexibility index (Phi) is 37.4. The van der Waals surface area contributed by atoms with Crippen LogP contribution in [-0.4, -0.2) is 111 Å². The number of aliphatic imine (C=N–C) groups is 2. The van der Waals surface area contributed by atoms with Gasteiger partial charge in [-0.1, -0.05) is 71.3 Å². The van der Waals surface area contributed by atoms with Crippen LogP contribution in [0.5, 0.6) is 11.5 Å². The van der Waals surface area contributed by atoms with E-state index < -0.39 is 0 Å². The van der Waals surface area contributed by atoms with Crippen LogP contribution in [0.25, 0.3) is 10.8 Å². The van der Waals surface area contributed by atoms with Gasteiger partial charge in [-0.2, -0.15) is 10.3 Å². The molecule has 2 fully saturated rings. The molecule has 18 heteroatoms. The summed E-state index contributed by atoms with van der Waals surface area (Å²) < 4.78 is 10.5. The number of thiocarbonyl (C=S) groups is 2. The number of rotatable bonds is 8. The fourth-order valence-corrected chi connectivity index (χ4v) is 3.98. The molecule has 0 aliphatic carbocycles. The minimum atomic E-state index is -0.0467. The summed E-state index contributed by atoms with van der Waals surface area (Å²) in [6.07, 6.45) is 3.21. The molecule has 244 valence electrons. The zero-order valence-electron chi connectivity index (χ0n) is 25.6. The van der Waals surface area contributed by atoms with Crippen LogP contribution in [-0.2, 0) is 59.4 Å². The maximum Gasteiger partial charge on any atom is 2.00 e. The normalized spacial score (nSPS) is 14.0. The average molecular weight is 820 g/mol. The van der Waals surface area contributed by atoms with Crippen LogP contribution in [0.2, 0.25) is 10.0 Å². The van der Waals surface area contributed by atoms with Gasteiger partial charge in [0.05, 0.1) is 39.5 Å². The molecule has 4 rings (SSSR count). The number of benzene rings is 2. The van der Waals surface area contributed by atoms with Crippen LogP contribution in [0.4, 0.5) is 0 Å². The van der Waals surface area contributed by atoms with E-state index >= 15 is 0 Å². The smallest absolute Gasteiger partial charge is 0.872 e. The van der Waals surface area contributed by atoms with Crippen molar-refractivity contribution in [3.05, 3.63) is 68.4 Å². The second-order valence-electron chi connectivity index (χ2n) is 8.53. The SMILES string of the molecule is [N-]=C=S.[N-]=C=S.[O-]c1ccc(Cl)cc1C=NCCN1CCOCC1.[O-]c1ccc(Cl)cc1C=NCCN1CCOCC1.[OH3+].[OH3+].[Zn+2].[Zn+2]. The van der Waals surface area contributed by atoms with Crippen molar-refractivity contribution in [2.75, 3.05) is 78.8 Å².